The number of nitrogens with one attached hydrogen (secondary N) is 3. The average molecular weight is 594 g/mol. The van der Waals surface area contributed by atoms with Gasteiger partial charge >= 0.3 is 0 Å². The van der Waals surface area contributed by atoms with Gasteiger partial charge in [-0.05, 0) is 43.0 Å². The van der Waals surface area contributed by atoms with E-state index in [4.69, 9.17) is 11.1 Å². The van der Waals surface area contributed by atoms with Crippen molar-refractivity contribution < 1.29 is 27.8 Å². The van der Waals surface area contributed by atoms with Crippen molar-refractivity contribution in [3.05, 3.63) is 47.4 Å². The molecule has 12 nitrogen and oxygen atoms in total. The van der Waals surface area contributed by atoms with Crippen LogP contribution in [-0.4, -0.2) is 79.1 Å². The number of halogens is 1. The molecular formula is C27H40FN7O5S. The molecule has 1 aromatic heterocycles. The molecule has 0 saturated heterocycles. The third-order valence-corrected chi connectivity index (χ3v) is 7.23. The number of nitrogens with zero attached hydrogens (tertiary/aromatic N) is 3. The fourth-order valence-corrected chi connectivity index (χ4v) is 4.21. The second kappa shape index (κ2) is 15.4. The number of sulfonamides is 1. The maximum Gasteiger partial charge on any atom is 0.239 e. The summed E-state index contributed by atoms with van der Waals surface area (Å²) in [7, 11) is -2.33. The second-order valence-electron chi connectivity index (χ2n) is 9.98. The Balaban J connectivity index is 2.20. The first-order valence-electron chi connectivity index (χ1n) is 13.2. The standard InChI is InChI=1S/C27H40FN7O5S/c1-17(2)24-22(12-11-20(36)15-21(37)16-23(38)31-13-5-6-14-32-26(29)30)25(18-7-9-19(28)10-8-18)34-27(33-24)35(3)41(4,39)40/h7-12,17,20-21,36-37H,5-6,13-16H2,1-4H3,(H,31,38)(H4,29,30,32)/b12-11+/t20-,21+/m0/s1. The largest absolute Gasteiger partial charge is 0.392 e. The number of amides is 1. The van der Waals surface area contributed by atoms with Gasteiger partial charge in [-0.15, -0.1) is 0 Å². The first-order chi connectivity index (χ1) is 19.2. The van der Waals surface area contributed by atoms with Gasteiger partial charge in [-0.2, -0.15) is 0 Å². The lowest BCUT2D eigenvalue weighted by molar-refractivity contribution is -0.123. The van der Waals surface area contributed by atoms with Crippen LogP contribution in [-0.2, 0) is 14.8 Å². The molecule has 7 N–H and O–H groups in total. The van der Waals surface area contributed by atoms with E-state index < -0.39 is 28.0 Å². The number of carbonyl (C=O) groups excluding carboxylic acids is 1. The molecule has 0 aliphatic heterocycles. The predicted octanol–water partition coefficient (Wildman–Crippen LogP) is 1.70. The number of aromatic nitrogens is 2. The Morgan fingerprint density at radius 2 is 1.76 bits per heavy atom. The van der Waals surface area contributed by atoms with Crippen LogP contribution in [0.2, 0.25) is 0 Å². The van der Waals surface area contributed by atoms with E-state index in [0.29, 0.717) is 48.4 Å². The van der Waals surface area contributed by atoms with Gasteiger partial charge in [0.15, 0.2) is 5.96 Å². The van der Waals surface area contributed by atoms with E-state index in [1.165, 1.54) is 37.4 Å². The van der Waals surface area contributed by atoms with E-state index in [1.807, 2.05) is 13.8 Å². The van der Waals surface area contributed by atoms with E-state index in [1.54, 1.807) is 6.08 Å². The Morgan fingerprint density at radius 1 is 1.15 bits per heavy atom. The molecule has 0 saturated carbocycles. The number of carbonyl (C=O) groups is 1. The SMILES string of the molecule is CC(C)c1nc(N(C)S(C)(=O)=O)nc(-c2ccc(F)cc2)c1/C=C/[C@H](O)C[C@@H](O)CC(=O)NCCCCNC(=N)N. The smallest absolute Gasteiger partial charge is 0.239 e. The van der Waals surface area contributed by atoms with Gasteiger partial charge in [-0.3, -0.25) is 10.2 Å². The zero-order chi connectivity index (χ0) is 30.7. The van der Waals surface area contributed by atoms with Gasteiger partial charge in [0.2, 0.25) is 21.9 Å². The van der Waals surface area contributed by atoms with Crippen LogP contribution < -0.4 is 20.7 Å². The minimum atomic E-state index is -3.66. The molecule has 1 heterocycles. The molecule has 0 bridgehead atoms. The Morgan fingerprint density at radius 3 is 2.32 bits per heavy atom. The zero-order valence-corrected chi connectivity index (χ0v) is 24.6. The van der Waals surface area contributed by atoms with Gasteiger partial charge in [0, 0.05) is 37.7 Å². The van der Waals surface area contributed by atoms with Crippen molar-refractivity contribution in [2.24, 2.45) is 5.73 Å². The molecule has 14 heteroatoms. The van der Waals surface area contributed by atoms with E-state index in [0.717, 1.165) is 10.6 Å². The number of rotatable bonds is 15. The van der Waals surface area contributed by atoms with Crippen LogP contribution >= 0.6 is 0 Å². The molecule has 0 fully saturated rings. The highest BCUT2D eigenvalue weighted by molar-refractivity contribution is 7.92. The van der Waals surface area contributed by atoms with Crippen LogP contribution in [0.25, 0.3) is 17.3 Å². The molecule has 0 radical (unpaired) electrons. The molecule has 226 valence electrons. The third kappa shape index (κ3) is 11.1. The van der Waals surface area contributed by atoms with Crippen molar-refractivity contribution in [2.75, 3.05) is 30.7 Å². The quantitative estimate of drug-likeness (QED) is 0.101. The Hall–Kier alpha value is -3.62. The van der Waals surface area contributed by atoms with E-state index >= 15 is 0 Å². The van der Waals surface area contributed by atoms with Gasteiger partial charge in [0.25, 0.3) is 0 Å². The summed E-state index contributed by atoms with van der Waals surface area (Å²) < 4.78 is 39.0. The lowest BCUT2D eigenvalue weighted by Crippen LogP contribution is -2.32. The summed E-state index contributed by atoms with van der Waals surface area (Å²) in [6, 6.07) is 5.56. The van der Waals surface area contributed by atoms with Crippen molar-refractivity contribution in [3.8, 4) is 11.3 Å². The zero-order valence-electron chi connectivity index (χ0n) is 23.8. The van der Waals surface area contributed by atoms with E-state index in [2.05, 4.69) is 20.6 Å². The number of hydrogen-bond donors (Lipinski definition) is 6. The highest BCUT2D eigenvalue weighted by Crippen LogP contribution is 2.31. The average Bonchev–Trinajstić information content (AvgIpc) is 2.88. The second-order valence-corrected chi connectivity index (χ2v) is 12.0. The molecule has 2 atom stereocenters. The Labute approximate surface area is 240 Å². The molecule has 0 aliphatic rings. The minimum absolute atomic E-state index is 0.0511. The highest BCUT2D eigenvalue weighted by atomic mass is 32.2. The maximum atomic E-state index is 13.7. The predicted molar refractivity (Wildman–Crippen MR) is 157 cm³/mol. The monoisotopic (exact) mass is 593 g/mol. The summed E-state index contributed by atoms with van der Waals surface area (Å²) in [6.45, 7) is 4.67. The highest BCUT2D eigenvalue weighted by Gasteiger charge is 2.22. The first kappa shape index (κ1) is 33.6. The van der Waals surface area contributed by atoms with Crippen LogP contribution in [0.5, 0.6) is 0 Å². The normalized spacial score (nSPS) is 13.3. The summed E-state index contributed by atoms with van der Waals surface area (Å²) in [5, 5.41) is 33.4. The molecule has 41 heavy (non-hydrogen) atoms. The molecule has 2 rings (SSSR count). The molecule has 0 unspecified atom stereocenters. The van der Waals surface area contributed by atoms with Gasteiger partial charge in [0.1, 0.15) is 5.82 Å². The fourth-order valence-electron chi connectivity index (χ4n) is 3.83. The number of anilines is 1. The Bertz CT molecular complexity index is 1320. The van der Waals surface area contributed by atoms with Gasteiger partial charge in [0.05, 0.1) is 36.3 Å². The number of aliphatic hydroxyl groups excluding tert-OH is 2. The van der Waals surface area contributed by atoms with Crippen LogP contribution in [0.1, 0.15) is 56.7 Å². The maximum absolute atomic E-state index is 13.7. The molecule has 1 aromatic carbocycles. The third-order valence-electron chi connectivity index (χ3n) is 6.07. The minimum Gasteiger partial charge on any atom is -0.392 e. The van der Waals surface area contributed by atoms with Crippen LogP contribution in [0.4, 0.5) is 10.3 Å². The summed E-state index contributed by atoms with van der Waals surface area (Å²) in [4.78, 5) is 21.1. The van der Waals surface area contributed by atoms with Gasteiger partial charge in [-0.25, -0.2) is 27.1 Å². The van der Waals surface area contributed by atoms with E-state index in [-0.39, 0.29) is 36.6 Å². The molecule has 2 aromatic rings. The van der Waals surface area contributed by atoms with Crippen molar-refractivity contribution in [3.63, 3.8) is 0 Å². The summed E-state index contributed by atoms with van der Waals surface area (Å²) in [5.74, 6) is -1.14. The van der Waals surface area contributed by atoms with Crippen molar-refractivity contribution in [1.82, 2.24) is 20.6 Å². The molecule has 0 aliphatic carbocycles. The lowest BCUT2D eigenvalue weighted by atomic mass is 9.97. The summed E-state index contributed by atoms with van der Waals surface area (Å²) in [6.07, 6.45) is 2.93. The van der Waals surface area contributed by atoms with E-state index in [9.17, 15) is 27.8 Å². The topological polar surface area (TPSA) is 195 Å². The van der Waals surface area contributed by atoms with Crippen molar-refractivity contribution in [2.45, 2.75) is 57.7 Å². The van der Waals surface area contributed by atoms with Crippen molar-refractivity contribution in [1.29, 1.82) is 5.41 Å². The van der Waals surface area contributed by atoms with Crippen molar-refractivity contribution >= 4 is 33.9 Å². The molecule has 1 amide bonds. The van der Waals surface area contributed by atoms with Gasteiger partial charge in [-0.1, -0.05) is 26.0 Å². The lowest BCUT2D eigenvalue weighted by Gasteiger charge is -2.20. The summed E-state index contributed by atoms with van der Waals surface area (Å²) in [5.41, 5.74) is 7.07. The molecular weight excluding hydrogens is 553 g/mol. The Kier molecular flexibility index (Phi) is 12.6. The number of hydrogen-bond acceptors (Lipinski definition) is 8. The van der Waals surface area contributed by atoms with Crippen LogP contribution in [0, 0.1) is 11.2 Å². The molecule has 0 spiro atoms. The fraction of sp³-hybridized carbons (Fsp3) is 0.481. The first-order valence-corrected chi connectivity index (χ1v) is 15.0. The number of nitrogens with two attached hydrogens (primary N) is 1. The number of aliphatic hydroxyl groups is 2. The van der Waals surface area contributed by atoms with Crippen LogP contribution in [0.3, 0.4) is 0 Å². The van der Waals surface area contributed by atoms with Gasteiger partial charge < -0.3 is 26.6 Å². The summed E-state index contributed by atoms with van der Waals surface area (Å²) >= 11 is 0. The number of benzene rings is 1. The van der Waals surface area contributed by atoms with Crippen LogP contribution in [0.15, 0.2) is 30.3 Å². The number of guanidine groups is 1. The number of unbranched alkanes of at least 4 members (excludes halogenated alkanes) is 1.